The fourth-order valence-corrected chi connectivity index (χ4v) is 3.98. The Morgan fingerprint density at radius 2 is 2.23 bits per heavy atom. The highest BCUT2D eigenvalue weighted by Gasteiger charge is 2.24. The lowest BCUT2D eigenvalue weighted by atomic mass is 10.1. The van der Waals surface area contributed by atoms with Crippen LogP contribution in [0.5, 0.6) is 0 Å². The Morgan fingerprint density at radius 1 is 1.42 bits per heavy atom. The molecule has 8 nitrogen and oxygen atoms in total. The highest BCUT2D eigenvalue weighted by atomic mass is 32.2. The first-order valence-electron chi connectivity index (χ1n) is 8.29. The minimum Gasteiger partial charge on any atom is -0.308 e. The molecule has 0 atom stereocenters. The van der Waals surface area contributed by atoms with Crippen LogP contribution in [-0.4, -0.2) is 36.0 Å². The average molecular weight is 367 g/mol. The van der Waals surface area contributed by atoms with Crippen LogP contribution >= 0.6 is 11.8 Å². The minimum absolute atomic E-state index is 0.183. The summed E-state index contributed by atoms with van der Waals surface area (Å²) in [5.74, 6) is 0.870. The summed E-state index contributed by atoms with van der Waals surface area (Å²) in [6.07, 6.45) is 1.71. The van der Waals surface area contributed by atoms with Gasteiger partial charge in [0, 0.05) is 23.7 Å². The van der Waals surface area contributed by atoms with Crippen molar-refractivity contribution in [2.45, 2.75) is 38.5 Å². The number of carbonyl (C=O) groups excluding carboxylic acids is 1. The van der Waals surface area contributed by atoms with Gasteiger partial charge in [-0.25, -0.2) is 14.6 Å². The van der Waals surface area contributed by atoms with E-state index in [1.807, 2.05) is 23.1 Å². The summed E-state index contributed by atoms with van der Waals surface area (Å²) in [5.41, 5.74) is 2.20. The number of anilines is 1. The molecule has 0 aromatic carbocycles. The number of nitrogens with zero attached hydrogens (tertiary/aromatic N) is 6. The van der Waals surface area contributed by atoms with E-state index in [-0.39, 0.29) is 11.9 Å². The number of nitrogens with one attached hydrogen (secondary N) is 1. The van der Waals surface area contributed by atoms with E-state index in [2.05, 4.69) is 26.5 Å². The lowest BCUT2D eigenvalue weighted by molar-refractivity contribution is 0.102. The molecule has 4 heterocycles. The van der Waals surface area contributed by atoms with Crippen molar-refractivity contribution in [2.24, 2.45) is 0 Å². The van der Waals surface area contributed by atoms with Gasteiger partial charge in [0.25, 0.3) is 5.91 Å². The first-order valence-corrected chi connectivity index (χ1v) is 9.27. The fraction of sp³-hybridized carbons (Fsp3) is 0.353. The Labute approximate surface area is 154 Å². The Balaban J connectivity index is 1.69. The smallest absolute Gasteiger partial charge is 0.258 e. The molecule has 9 heteroatoms. The lowest BCUT2D eigenvalue weighted by Crippen LogP contribution is -2.16. The largest absolute Gasteiger partial charge is 0.308 e. The second kappa shape index (κ2) is 6.14. The predicted molar refractivity (Wildman–Crippen MR) is 98.3 cm³/mol. The van der Waals surface area contributed by atoms with E-state index < -0.39 is 0 Å². The number of fused-ring (bicyclic) bond motifs is 2. The average Bonchev–Trinajstić information content (AvgIpc) is 3.27. The van der Waals surface area contributed by atoms with Crippen molar-refractivity contribution in [3.05, 3.63) is 29.2 Å². The van der Waals surface area contributed by atoms with Crippen molar-refractivity contribution in [2.75, 3.05) is 11.1 Å². The fourth-order valence-electron chi connectivity index (χ4n) is 3.03. The summed E-state index contributed by atoms with van der Waals surface area (Å²) in [7, 11) is 0. The van der Waals surface area contributed by atoms with Crippen LogP contribution in [0.1, 0.15) is 41.6 Å². The van der Waals surface area contributed by atoms with Crippen molar-refractivity contribution < 1.29 is 4.79 Å². The summed E-state index contributed by atoms with van der Waals surface area (Å²) in [5, 5.41) is 18.1. The Bertz CT molecular complexity index is 1070. The van der Waals surface area contributed by atoms with Gasteiger partial charge in [0.1, 0.15) is 6.07 Å². The zero-order valence-electron chi connectivity index (χ0n) is 14.6. The summed E-state index contributed by atoms with van der Waals surface area (Å²) in [4.78, 5) is 21.7. The van der Waals surface area contributed by atoms with Gasteiger partial charge in [0.2, 0.25) is 0 Å². The number of hydrogen-bond donors (Lipinski definition) is 1. The number of hydrogen-bond acceptors (Lipinski definition) is 6. The monoisotopic (exact) mass is 367 g/mol. The summed E-state index contributed by atoms with van der Waals surface area (Å²) in [6.45, 7) is 6.58. The third-order valence-corrected chi connectivity index (χ3v) is 5.27. The van der Waals surface area contributed by atoms with E-state index in [1.54, 1.807) is 30.9 Å². The molecule has 132 valence electrons. The van der Waals surface area contributed by atoms with E-state index in [0.29, 0.717) is 22.8 Å². The van der Waals surface area contributed by atoms with Crippen LogP contribution < -0.4 is 5.32 Å². The van der Waals surface area contributed by atoms with Crippen molar-refractivity contribution in [3.8, 4) is 6.07 Å². The van der Waals surface area contributed by atoms with Crippen LogP contribution in [0.2, 0.25) is 0 Å². The lowest BCUT2D eigenvalue weighted by Gasteiger charge is -2.09. The van der Waals surface area contributed by atoms with E-state index in [4.69, 9.17) is 0 Å². The number of imidazole rings is 1. The minimum atomic E-state index is -0.326. The van der Waals surface area contributed by atoms with Crippen LogP contribution in [-0.2, 0) is 6.54 Å². The van der Waals surface area contributed by atoms with Gasteiger partial charge in [-0.3, -0.25) is 4.79 Å². The van der Waals surface area contributed by atoms with Crippen LogP contribution in [0.25, 0.3) is 11.0 Å². The van der Waals surface area contributed by atoms with Crippen LogP contribution in [0.3, 0.4) is 0 Å². The molecule has 4 rings (SSSR count). The predicted octanol–water partition coefficient (Wildman–Crippen LogP) is 2.75. The summed E-state index contributed by atoms with van der Waals surface area (Å²) >= 11 is 1.58. The Hall–Kier alpha value is -2.86. The molecule has 1 aliphatic heterocycles. The molecule has 0 saturated carbocycles. The number of carbonyl (C=O) groups is 1. The second-order valence-corrected chi connectivity index (χ2v) is 7.44. The van der Waals surface area contributed by atoms with E-state index in [9.17, 15) is 10.1 Å². The molecule has 1 aliphatic rings. The topological polar surface area (TPSA) is 101 Å². The van der Waals surface area contributed by atoms with Crippen LogP contribution in [0, 0.1) is 18.3 Å². The van der Waals surface area contributed by atoms with Crippen LogP contribution in [0.15, 0.2) is 17.4 Å². The molecule has 3 aromatic heterocycles. The van der Waals surface area contributed by atoms with Crippen molar-refractivity contribution in [1.29, 1.82) is 5.26 Å². The quantitative estimate of drug-likeness (QED) is 0.764. The van der Waals surface area contributed by atoms with E-state index >= 15 is 0 Å². The van der Waals surface area contributed by atoms with E-state index in [0.717, 1.165) is 28.5 Å². The van der Waals surface area contributed by atoms with Gasteiger partial charge in [-0.1, -0.05) is 11.8 Å². The van der Waals surface area contributed by atoms with Gasteiger partial charge >= 0.3 is 0 Å². The number of pyridine rings is 1. The number of nitriles is 1. The molecule has 0 saturated heterocycles. The number of thioether (sulfide) groups is 1. The molecular formula is C17H17N7OS. The summed E-state index contributed by atoms with van der Waals surface area (Å²) in [6, 6.07) is 4.10. The highest BCUT2D eigenvalue weighted by molar-refractivity contribution is 7.99. The third kappa shape index (κ3) is 2.54. The van der Waals surface area contributed by atoms with Gasteiger partial charge < -0.3 is 9.88 Å². The molecule has 0 aliphatic carbocycles. The molecule has 0 unspecified atom stereocenters. The highest BCUT2D eigenvalue weighted by Crippen LogP contribution is 2.30. The van der Waals surface area contributed by atoms with Crippen molar-refractivity contribution in [3.63, 3.8) is 0 Å². The van der Waals surface area contributed by atoms with Gasteiger partial charge in [0.05, 0.1) is 17.5 Å². The molecule has 0 radical (unpaired) electrons. The van der Waals surface area contributed by atoms with Gasteiger partial charge in [-0.05, 0) is 26.8 Å². The molecule has 0 spiro atoms. The molecule has 0 bridgehead atoms. The first-order chi connectivity index (χ1) is 12.5. The number of amides is 1. The SMILES string of the molecule is Cc1nc2c(cnn2C(C)C)cc1C(=O)Nc1nc2n(c1C#N)CCS2. The first kappa shape index (κ1) is 16.6. The van der Waals surface area contributed by atoms with Crippen molar-refractivity contribution in [1.82, 2.24) is 24.3 Å². The standard InChI is InChI=1S/C17H17N7OS/c1-9(2)24-15-11(8-19-24)6-12(10(3)20-15)16(25)21-14-13(7-18)23-4-5-26-17(23)22-14/h6,8-9H,4-5H2,1-3H3,(H,21,25). The van der Waals surface area contributed by atoms with Crippen LogP contribution in [0.4, 0.5) is 5.82 Å². The van der Waals surface area contributed by atoms with Gasteiger partial charge in [-0.2, -0.15) is 10.4 Å². The molecule has 1 N–H and O–H groups in total. The summed E-state index contributed by atoms with van der Waals surface area (Å²) < 4.78 is 3.66. The maximum Gasteiger partial charge on any atom is 0.258 e. The normalized spacial score (nSPS) is 13.2. The molecule has 0 fully saturated rings. The number of rotatable bonds is 3. The zero-order valence-corrected chi connectivity index (χ0v) is 15.5. The molecule has 3 aromatic rings. The second-order valence-electron chi connectivity index (χ2n) is 6.37. The molecule has 1 amide bonds. The van der Waals surface area contributed by atoms with Gasteiger partial charge in [-0.15, -0.1) is 0 Å². The Kier molecular flexibility index (Phi) is 3.92. The third-order valence-electron chi connectivity index (χ3n) is 4.31. The Morgan fingerprint density at radius 3 is 2.96 bits per heavy atom. The van der Waals surface area contributed by atoms with E-state index in [1.165, 1.54) is 0 Å². The van der Waals surface area contributed by atoms with Crippen molar-refractivity contribution >= 4 is 34.5 Å². The maximum absolute atomic E-state index is 12.8. The number of aryl methyl sites for hydroxylation is 1. The maximum atomic E-state index is 12.8. The number of aromatic nitrogens is 5. The molecular weight excluding hydrogens is 350 g/mol. The zero-order chi connectivity index (χ0) is 18.4. The van der Waals surface area contributed by atoms with Gasteiger partial charge in [0.15, 0.2) is 22.3 Å². The molecule has 26 heavy (non-hydrogen) atoms.